The van der Waals surface area contributed by atoms with Crippen LogP contribution in [0, 0.1) is 12.8 Å². The van der Waals surface area contributed by atoms with E-state index in [1.165, 1.54) is 22.1 Å². The Morgan fingerprint density at radius 2 is 1.74 bits per heavy atom. The Hall–Kier alpha value is -2.22. The zero-order chi connectivity index (χ0) is 16.6. The number of ether oxygens (including phenoxy) is 1. The maximum Gasteiger partial charge on any atom is 0.142 e. The van der Waals surface area contributed by atoms with E-state index in [2.05, 4.69) is 75.3 Å². The molecule has 2 aromatic carbocycles. The minimum atomic E-state index is -0.0572. The second kappa shape index (κ2) is 5.77. The second-order valence-electron chi connectivity index (χ2n) is 6.81. The third-order valence-corrected chi connectivity index (χ3v) is 5.26. The molecule has 0 bridgehead atoms. The third-order valence-electron chi connectivity index (χ3n) is 5.26. The molecule has 0 fully saturated rings. The van der Waals surface area contributed by atoms with E-state index in [0.717, 1.165) is 11.3 Å². The van der Waals surface area contributed by atoms with Crippen LogP contribution < -0.4 is 4.74 Å². The lowest BCUT2D eigenvalue weighted by Crippen LogP contribution is -2.29. The van der Waals surface area contributed by atoms with Crippen molar-refractivity contribution in [2.75, 3.05) is 7.11 Å². The van der Waals surface area contributed by atoms with Gasteiger partial charge in [0.25, 0.3) is 0 Å². The number of benzene rings is 2. The minimum Gasteiger partial charge on any atom is -0.495 e. The van der Waals surface area contributed by atoms with Crippen molar-refractivity contribution in [1.29, 1.82) is 0 Å². The molecule has 3 rings (SSSR count). The van der Waals surface area contributed by atoms with Crippen LogP contribution in [0.2, 0.25) is 0 Å². The molecule has 0 saturated carbocycles. The Morgan fingerprint density at radius 3 is 2.35 bits per heavy atom. The van der Waals surface area contributed by atoms with Crippen LogP contribution >= 0.6 is 0 Å². The molecule has 1 heterocycles. The van der Waals surface area contributed by atoms with E-state index >= 15 is 0 Å². The summed E-state index contributed by atoms with van der Waals surface area (Å²) in [4.78, 5) is 3.42. The van der Waals surface area contributed by atoms with Gasteiger partial charge in [0.1, 0.15) is 5.75 Å². The minimum absolute atomic E-state index is 0.0572. The van der Waals surface area contributed by atoms with Crippen LogP contribution in [0.25, 0.3) is 10.9 Å². The standard InChI is InChI=1S/C21H25NO/c1-14(2)21(4,16-11-9-15(3)10-12-16)18-13-22-20-17(18)7-6-8-19(20)23-5/h6-14,22H,1-5H3. The number of para-hydroxylation sites is 1. The number of aromatic nitrogens is 1. The van der Waals surface area contributed by atoms with Crippen molar-refractivity contribution in [2.24, 2.45) is 5.92 Å². The fourth-order valence-electron chi connectivity index (χ4n) is 3.43. The Bertz CT molecular complexity index is 813. The van der Waals surface area contributed by atoms with Crippen LogP contribution in [-0.4, -0.2) is 12.1 Å². The lowest BCUT2D eigenvalue weighted by atomic mass is 9.68. The van der Waals surface area contributed by atoms with Gasteiger partial charge < -0.3 is 9.72 Å². The van der Waals surface area contributed by atoms with E-state index in [-0.39, 0.29) is 5.41 Å². The van der Waals surface area contributed by atoms with Crippen molar-refractivity contribution < 1.29 is 4.74 Å². The molecule has 3 aromatic rings. The summed E-state index contributed by atoms with van der Waals surface area (Å²) in [6.45, 7) is 9.05. The van der Waals surface area contributed by atoms with E-state index in [1.807, 2.05) is 6.07 Å². The zero-order valence-corrected chi connectivity index (χ0v) is 14.6. The van der Waals surface area contributed by atoms with Gasteiger partial charge in [-0.15, -0.1) is 0 Å². The number of fused-ring (bicyclic) bond motifs is 1. The molecule has 0 aliphatic carbocycles. The molecule has 0 amide bonds. The highest BCUT2D eigenvalue weighted by Gasteiger charge is 2.34. The number of hydrogen-bond donors (Lipinski definition) is 1. The summed E-state index contributed by atoms with van der Waals surface area (Å²) in [5, 5.41) is 1.24. The van der Waals surface area contributed by atoms with Gasteiger partial charge in [-0.2, -0.15) is 0 Å². The Labute approximate surface area is 138 Å². The maximum atomic E-state index is 5.50. The highest BCUT2D eigenvalue weighted by atomic mass is 16.5. The SMILES string of the molecule is COc1cccc2c(C(C)(c3ccc(C)cc3)C(C)C)c[nH]c12. The van der Waals surface area contributed by atoms with Crippen molar-refractivity contribution in [2.45, 2.75) is 33.1 Å². The van der Waals surface area contributed by atoms with Crippen LogP contribution in [-0.2, 0) is 5.41 Å². The molecule has 2 nitrogen and oxygen atoms in total. The number of methoxy groups -OCH3 is 1. The average molecular weight is 307 g/mol. The van der Waals surface area contributed by atoms with Crippen molar-refractivity contribution in [3.05, 3.63) is 65.4 Å². The molecule has 120 valence electrons. The smallest absolute Gasteiger partial charge is 0.142 e. The number of rotatable bonds is 4. The monoisotopic (exact) mass is 307 g/mol. The zero-order valence-electron chi connectivity index (χ0n) is 14.6. The number of H-pyrrole nitrogens is 1. The first kappa shape index (κ1) is 15.7. The van der Waals surface area contributed by atoms with Gasteiger partial charge >= 0.3 is 0 Å². The topological polar surface area (TPSA) is 25.0 Å². The molecular weight excluding hydrogens is 282 g/mol. The predicted octanol–water partition coefficient (Wildman–Crippen LogP) is 5.45. The van der Waals surface area contributed by atoms with E-state index in [4.69, 9.17) is 4.74 Å². The summed E-state index contributed by atoms with van der Waals surface area (Å²) in [5.41, 5.74) is 4.98. The molecule has 0 aliphatic rings. The summed E-state index contributed by atoms with van der Waals surface area (Å²) >= 11 is 0. The van der Waals surface area contributed by atoms with Gasteiger partial charge in [-0.3, -0.25) is 0 Å². The first-order valence-corrected chi connectivity index (χ1v) is 8.20. The predicted molar refractivity (Wildman–Crippen MR) is 97.3 cm³/mol. The van der Waals surface area contributed by atoms with Gasteiger partial charge in [-0.1, -0.05) is 62.7 Å². The third kappa shape index (κ3) is 2.42. The largest absolute Gasteiger partial charge is 0.495 e. The Balaban J connectivity index is 2.25. The maximum absolute atomic E-state index is 5.50. The Morgan fingerprint density at radius 1 is 1.04 bits per heavy atom. The van der Waals surface area contributed by atoms with Gasteiger partial charge in [0, 0.05) is 17.0 Å². The van der Waals surface area contributed by atoms with Crippen molar-refractivity contribution in [3.63, 3.8) is 0 Å². The Kier molecular flexibility index (Phi) is 3.93. The fourth-order valence-corrected chi connectivity index (χ4v) is 3.43. The summed E-state index contributed by atoms with van der Waals surface area (Å²) in [6, 6.07) is 15.2. The van der Waals surface area contributed by atoms with Crippen LogP contribution in [0.5, 0.6) is 5.75 Å². The van der Waals surface area contributed by atoms with E-state index < -0.39 is 0 Å². The summed E-state index contributed by atoms with van der Waals surface area (Å²) in [6.07, 6.45) is 2.15. The summed E-state index contributed by atoms with van der Waals surface area (Å²) in [5.74, 6) is 1.36. The number of aryl methyl sites for hydroxylation is 1. The quantitative estimate of drug-likeness (QED) is 0.681. The average Bonchev–Trinajstić information content (AvgIpc) is 2.99. The molecule has 1 N–H and O–H groups in total. The van der Waals surface area contributed by atoms with Crippen molar-refractivity contribution in [3.8, 4) is 5.75 Å². The van der Waals surface area contributed by atoms with Gasteiger partial charge in [-0.25, -0.2) is 0 Å². The number of aromatic amines is 1. The van der Waals surface area contributed by atoms with Crippen LogP contribution in [0.4, 0.5) is 0 Å². The highest BCUT2D eigenvalue weighted by Crippen LogP contribution is 2.43. The number of hydrogen-bond acceptors (Lipinski definition) is 1. The lowest BCUT2D eigenvalue weighted by molar-refractivity contribution is 0.408. The van der Waals surface area contributed by atoms with Crippen LogP contribution in [0.15, 0.2) is 48.7 Å². The molecule has 0 aliphatic heterocycles. The molecular formula is C21H25NO. The van der Waals surface area contributed by atoms with Crippen molar-refractivity contribution in [1.82, 2.24) is 4.98 Å². The van der Waals surface area contributed by atoms with E-state index in [0.29, 0.717) is 5.92 Å². The molecule has 0 radical (unpaired) electrons. The van der Waals surface area contributed by atoms with Gasteiger partial charge in [0.15, 0.2) is 0 Å². The van der Waals surface area contributed by atoms with Crippen molar-refractivity contribution >= 4 is 10.9 Å². The molecule has 0 spiro atoms. The number of nitrogens with one attached hydrogen (secondary N) is 1. The van der Waals surface area contributed by atoms with Gasteiger partial charge in [0.05, 0.1) is 12.6 Å². The molecule has 23 heavy (non-hydrogen) atoms. The molecule has 1 aromatic heterocycles. The lowest BCUT2D eigenvalue weighted by Gasteiger charge is -2.35. The molecule has 1 unspecified atom stereocenters. The van der Waals surface area contributed by atoms with Crippen LogP contribution in [0.3, 0.4) is 0 Å². The van der Waals surface area contributed by atoms with E-state index in [1.54, 1.807) is 7.11 Å². The highest BCUT2D eigenvalue weighted by molar-refractivity contribution is 5.89. The van der Waals surface area contributed by atoms with E-state index in [9.17, 15) is 0 Å². The fraction of sp³-hybridized carbons (Fsp3) is 0.333. The molecule has 0 saturated heterocycles. The second-order valence-corrected chi connectivity index (χ2v) is 6.81. The first-order chi connectivity index (χ1) is 11.0. The van der Waals surface area contributed by atoms with Crippen LogP contribution in [0.1, 0.15) is 37.5 Å². The normalized spacial score (nSPS) is 14.2. The summed E-state index contributed by atoms with van der Waals surface area (Å²) in [7, 11) is 1.72. The molecule has 2 heteroatoms. The van der Waals surface area contributed by atoms with Gasteiger partial charge in [-0.05, 0) is 30.0 Å². The summed E-state index contributed by atoms with van der Waals surface area (Å²) < 4.78 is 5.50. The molecule has 1 atom stereocenters. The van der Waals surface area contributed by atoms with Gasteiger partial charge in [0.2, 0.25) is 0 Å². The first-order valence-electron chi connectivity index (χ1n) is 8.20.